The van der Waals surface area contributed by atoms with E-state index in [0.29, 0.717) is 51.3 Å². The molecule has 0 saturated heterocycles. The topological polar surface area (TPSA) is 125 Å². The van der Waals surface area contributed by atoms with Gasteiger partial charge in [0.1, 0.15) is 11.5 Å². The van der Waals surface area contributed by atoms with Crippen LogP contribution in [0.2, 0.25) is 0 Å². The summed E-state index contributed by atoms with van der Waals surface area (Å²) in [5.41, 5.74) is 5.48. The van der Waals surface area contributed by atoms with E-state index >= 15 is 4.39 Å². The monoisotopic (exact) mass is 520 g/mol. The lowest BCUT2D eigenvalue weighted by molar-refractivity contribution is -0.117. The summed E-state index contributed by atoms with van der Waals surface area (Å²) in [6, 6.07) is 10.6. The number of H-pyrrole nitrogens is 2. The van der Waals surface area contributed by atoms with Crippen molar-refractivity contribution < 1.29 is 9.18 Å². The molecule has 0 aliphatic heterocycles. The number of hydrogen-bond acceptors (Lipinski definition) is 6. The van der Waals surface area contributed by atoms with E-state index in [2.05, 4.69) is 40.4 Å². The normalized spacial score (nSPS) is 11.8. The molecule has 0 unspecified atom stereocenters. The summed E-state index contributed by atoms with van der Waals surface area (Å²) in [5.74, 6) is -0.0628. The molecule has 0 spiro atoms. The SMILES string of the molecule is CC(C)(C)CC(=O)Nc1cncc(-c2cc3c(-c4nc5nccc(-c6ccncc6)c5[nH]4)n[nH]c3cc2F)c1. The average Bonchev–Trinajstić information content (AvgIpc) is 3.51. The van der Waals surface area contributed by atoms with Gasteiger partial charge in [0.15, 0.2) is 11.5 Å². The fraction of sp³-hybridized carbons (Fsp3) is 0.172. The van der Waals surface area contributed by atoms with E-state index < -0.39 is 5.82 Å². The first-order valence-electron chi connectivity index (χ1n) is 12.4. The summed E-state index contributed by atoms with van der Waals surface area (Å²) in [6.07, 6.45) is 8.64. The molecule has 0 bridgehead atoms. The Morgan fingerprint density at radius 1 is 0.974 bits per heavy atom. The number of aromatic nitrogens is 7. The zero-order valence-corrected chi connectivity index (χ0v) is 21.6. The highest BCUT2D eigenvalue weighted by Gasteiger charge is 2.19. The standard InChI is InChI=1S/C29H25FN8O/c1-29(2,3)13-24(39)34-18-10-17(14-32-15-18)20-11-21-23(12-22(20)30)37-38-26(21)28-35-25-19(6-9-33-27(25)36-28)16-4-7-31-8-5-16/h4-12,14-15H,13H2,1-3H3,(H,34,39)(H,37,38)(H,33,35,36). The number of imidazole rings is 1. The van der Waals surface area contributed by atoms with Crippen molar-refractivity contribution in [2.24, 2.45) is 5.41 Å². The van der Waals surface area contributed by atoms with Crippen LogP contribution < -0.4 is 5.32 Å². The molecule has 10 heteroatoms. The Kier molecular flexibility index (Phi) is 5.86. The predicted molar refractivity (Wildman–Crippen MR) is 148 cm³/mol. The van der Waals surface area contributed by atoms with Gasteiger partial charge in [0.25, 0.3) is 0 Å². The summed E-state index contributed by atoms with van der Waals surface area (Å²) in [5, 5.41) is 10.9. The lowest BCUT2D eigenvalue weighted by atomic mass is 9.92. The molecule has 0 aliphatic rings. The maximum Gasteiger partial charge on any atom is 0.224 e. The summed E-state index contributed by atoms with van der Waals surface area (Å²) in [4.78, 5) is 33.2. The van der Waals surface area contributed by atoms with Gasteiger partial charge in [-0.15, -0.1) is 0 Å². The van der Waals surface area contributed by atoms with E-state index in [9.17, 15) is 4.79 Å². The fourth-order valence-corrected chi connectivity index (χ4v) is 4.58. The Balaban J connectivity index is 1.39. The zero-order chi connectivity index (χ0) is 27.1. The third-order valence-corrected chi connectivity index (χ3v) is 6.28. The van der Waals surface area contributed by atoms with Gasteiger partial charge in [0, 0.05) is 59.4 Å². The molecule has 5 heterocycles. The number of benzene rings is 1. The van der Waals surface area contributed by atoms with E-state index in [1.807, 2.05) is 39.0 Å². The predicted octanol–water partition coefficient (Wildman–Crippen LogP) is 6.14. The molecule has 6 aromatic rings. The highest BCUT2D eigenvalue weighted by Crippen LogP contribution is 2.34. The van der Waals surface area contributed by atoms with Crippen LogP contribution in [-0.4, -0.2) is 41.0 Å². The van der Waals surface area contributed by atoms with Gasteiger partial charge in [-0.05, 0) is 41.3 Å². The van der Waals surface area contributed by atoms with Crippen LogP contribution in [0.3, 0.4) is 0 Å². The molecule has 39 heavy (non-hydrogen) atoms. The number of anilines is 1. The van der Waals surface area contributed by atoms with Crippen molar-refractivity contribution in [3.63, 3.8) is 0 Å². The number of pyridine rings is 3. The maximum atomic E-state index is 15.2. The molecular formula is C29H25FN8O. The Morgan fingerprint density at radius 2 is 1.79 bits per heavy atom. The van der Waals surface area contributed by atoms with Crippen molar-refractivity contribution in [3.05, 3.63) is 73.2 Å². The molecule has 194 valence electrons. The molecule has 0 saturated carbocycles. The molecule has 1 aromatic carbocycles. The number of rotatable bonds is 5. The van der Waals surface area contributed by atoms with Crippen LogP contribution >= 0.6 is 0 Å². The largest absolute Gasteiger partial charge is 0.335 e. The number of nitrogens with one attached hydrogen (secondary N) is 3. The van der Waals surface area contributed by atoms with Gasteiger partial charge in [0.05, 0.1) is 22.9 Å². The maximum absolute atomic E-state index is 15.2. The van der Waals surface area contributed by atoms with Crippen molar-refractivity contribution in [1.82, 2.24) is 35.1 Å². The molecule has 0 atom stereocenters. The molecule has 5 aromatic heterocycles. The van der Waals surface area contributed by atoms with Crippen LogP contribution in [0.1, 0.15) is 27.2 Å². The minimum Gasteiger partial charge on any atom is -0.335 e. The summed E-state index contributed by atoms with van der Waals surface area (Å²) in [6.45, 7) is 5.98. The number of carbonyl (C=O) groups excluding carboxylic acids is 1. The van der Waals surface area contributed by atoms with Crippen molar-refractivity contribution in [1.29, 1.82) is 0 Å². The minimum absolute atomic E-state index is 0.126. The quantitative estimate of drug-likeness (QED) is 0.251. The molecule has 3 N–H and O–H groups in total. The van der Waals surface area contributed by atoms with E-state index in [1.54, 1.807) is 43.1 Å². The summed E-state index contributed by atoms with van der Waals surface area (Å²) >= 11 is 0. The second-order valence-electron chi connectivity index (χ2n) is 10.6. The van der Waals surface area contributed by atoms with E-state index in [4.69, 9.17) is 0 Å². The molecular weight excluding hydrogens is 495 g/mol. The smallest absolute Gasteiger partial charge is 0.224 e. The second kappa shape index (κ2) is 9.39. The molecule has 0 aliphatic carbocycles. The van der Waals surface area contributed by atoms with E-state index in [1.165, 1.54) is 6.07 Å². The fourth-order valence-electron chi connectivity index (χ4n) is 4.58. The van der Waals surface area contributed by atoms with Crippen LogP contribution in [0.4, 0.5) is 10.1 Å². The Morgan fingerprint density at radius 3 is 2.59 bits per heavy atom. The van der Waals surface area contributed by atoms with E-state index in [-0.39, 0.29) is 11.3 Å². The number of amides is 1. The molecule has 9 nitrogen and oxygen atoms in total. The van der Waals surface area contributed by atoms with Gasteiger partial charge in [-0.3, -0.25) is 19.9 Å². The van der Waals surface area contributed by atoms with Crippen LogP contribution in [0.5, 0.6) is 0 Å². The third kappa shape index (κ3) is 4.84. The van der Waals surface area contributed by atoms with Crippen molar-refractivity contribution in [2.45, 2.75) is 27.2 Å². The average molecular weight is 521 g/mol. The van der Waals surface area contributed by atoms with Crippen molar-refractivity contribution in [2.75, 3.05) is 5.32 Å². The van der Waals surface area contributed by atoms with Gasteiger partial charge >= 0.3 is 0 Å². The van der Waals surface area contributed by atoms with Gasteiger partial charge in [0.2, 0.25) is 5.91 Å². The second-order valence-corrected chi connectivity index (χ2v) is 10.6. The zero-order valence-electron chi connectivity index (χ0n) is 21.6. The Hall–Kier alpha value is -4.99. The summed E-state index contributed by atoms with van der Waals surface area (Å²) in [7, 11) is 0. The first-order valence-corrected chi connectivity index (χ1v) is 12.4. The number of nitrogens with zero attached hydrogens (tertiary/aromatic N) is 5. The Bertz CT molecular complexity index is 1840. The number of fused-ring (bicyclic) bond motifs is 2. The molecule has 0 fully saturated rings. The number of halogens is 1. The minimum atomic E-state index is -0.441. The Labute approximate surface area is 223 Å². The molecule has 1 amide bonds. The number of aromatic amines is 2. The highest BCUT2D eigenvalue weighted by atomic mass is 19.1. The number of hydrogen-bond donors (Lipinski definition) is 3. The van der Waals surface area contributed by atoms with E-state index in [0.717, 1.165) is 16.6 Å². The molecule has 0 radical (unpaired) electrons. The molecule has 6 rings (SSSR count). The first-order chi connectivity index (χ1) is 18.7. The van der Waals surface area contributed by atoms with Crippen LogP contribution in [0.25, 0.3) is 55.8 Å². The third-order valence-electron chi connectivity index (χ3n) is 6.28. The first kappa shape index (κ1) is 24.4. The van der Waals surface area contributed by atoms with Gasteiger partial charge in [-0.1, -0.05) is 20.8 Å². The highest BCUT2D eigenvalue weighted by molar-refractivity contribution is 5.98. The van der Waals surface area contributed by atoms with Crippen molar-refractivity contribution >= 4 is 33.7 Å². The van der Waals surface area contributed by atoms with Crippen molar-refractivity contribution in [3.8, 4) is 33.8 Å². The number of carbonyl (C=O) groups is 1. The van der Waals surface area contributed by atoms with Gasteiger partial charge in [-0.25, -0.2) is 14.4 Å². The van der Waals surface area contributed by atoms with Crippen LogP contribution in [0, 0.1) is 11.2 Å². The van der Waals surface area contributed by atoms with Gasteiger partial charge in [-0.2, -0.15) is 5.10 Å². The van der Waals surface area contributed by atoms with Crippen LogP contribution in [0.15, 0.2) is 67.4 Å². The lowest BCUT2D eigenvalue weighted by Crippen LogP contribution is -2.19. The lowest BCUT2D eigenvalue weighted by Gasteiger charge is -2.17. The van der Waals surface area contributed by atoms with Gasteiger partial charge < -0.3 is 10.3 Å². The summed E-state index contributed by atoms with van der Waals surface area (Å²) < 4.78 is 15.2. The van der Waals surface area contributed by atoms with Crippen LogP contribution in [-0.2, 0) is 4.79 Å².